The minimum atomic E-state index is 0.199. The second kappa shape index (κ2) is 10.4. The predicted molar refractivity (Wildman–Crippen MR) is 140 cm³/mol. The van der Waals surface area contributed by atoms with Gasteiger partial charge in [-0.15, -0.1) is 11.3 Å². The fourth-order valence-corrected chi connectivity index (χ4v) is 5.15. The molecular formula is C28H29N3O2S. The van der Waals surface area contributed by atoms with Crippen molar-refractivity contribution in [3.8, 4) is 17.0 Å². The summed E-state index contributed by atoms with van der Waals surface area (Å²) < 4.78 is 13.4. The van der Waals surface area contributed by atoms with Crippen LogP contribution in [0.4, 0.5) is 0 Å². The molecule has 1 saturated heterocycles. The van der Waals surface area contributed by atoms with Crippen LogP contribution in [0.5, 0.6) is 5.75 Å². The van der Waals surface area contributed by atoms with Crippen molar-refractivity contribution in [2.45, 2.75) is 32.3 Å². The molecule has 6 heteroatoms. The van der Waals surface area contributed by atoms with E-state index in [0.29, 0.717) is 6.54 Å². The van der Waals surface area contributed by atoms with Crippen LogP contribution >= 0.6 is 11.3 Å². The highest BCUT2D eigenvalue weighted by Gasteiger charge is 2.15. The molecule has 1 atom stereocenters. The van der Waals surface area contributed by atoms with Crippen molar-refractivity contribution >= 4 is 28.3 Å². The van der Waals surface area contributed by atoms with Gasteiger partial charge in [-0.1, -0.05) is 61.5 Å². The lowest BCUT2D eigenvalue weighted by atomic mass is 10.0. The van der Waals surface area contributed by atoms with Crippen LogP contribution < -0.4 is 9.54 Å². The van der Waals surface area contributed by atoms with Crippen molar-refractivity contribution in [1.82, 2.24) is 4.68 Å². The largest absolute Gasteiger partial charge is 0.496 e. The number of methoxy groups -OCH3 is 1. The van der Waals surface area contributed by atoms with Gasteiger partial charge in [0.1, 0.15) is 5.75 Å². The van der Waals surface area contributed by atoms with E-state index in [0.717, 1.165) is 64.0 Å². The van der Waals surface area contributed by atoms with Gasteiger partial charge in [0, 0.05) is 23.1 Å². The zero-order valence-electron chi connectivity index (χ0n) is 19.6. The summed E-state index contributed by atoms with van der Waals surface area (Å²) in [6, 6.07) is 21.0. The molecule has 34 heavy (non-hydrogen) atoms. The lowest BCUT2D eigenvalue weighted by Gasteiger charge is -2.09. The number of aryl methyl sites for hydroxylation is 1. The fraction of sp³-hybridized carbons (Fsp3) is 0.286. The first-order valence-electron chi connectivity index (χ1n) is 11.8. The Kier molecular flexibility index (Phi) is 6.88. The predicted octanol–water partition coefficient (Wildman–Crippen LogP) is 5.90. The lowest BCUT2D eigenvalue weighted by Crippen LogP contribution is -2.17. The van der Waals surface area contributed by atoms with Gasteiger partial charge in [-0.05, 0) is 41.7 Å². The number of fused-ring (bicyclic) bond motifs is 1. The number of thiazole rings is 1. The number of benzene rings is 3. The first-order chi connectivity index (χ1) is 16.8. The Morgan fingerprint density at radius 3 is 2.74 bits per heavy atom. The molecule has 5 nitrogen and oxygen atoms in total. The highest BCUT2D eigenvalue weighted by Crippen LogP contribution is 2.27. The average Bonchev–Trinajstić information content (AvgIpc) is 3.56. The summed E-state index contributed by atoms with van der Waals surface area (Å²) in [5.74, 6) is 0.796. The molecule has 0 amide bonds. The van der Waals surface area contributed by atoms with E-state index in [9.17, 15) is 0 Å². The van der Waals surface area contributed by atoms with Crippen LogP contribution in [0.25, 0.3) is 22.0 Å². The second-order valence-electron chi connectivity index (χ2n) is 8.39. The Morgan fingerprint density at radius 2 is 1.97 bits per heavy atom. The van der Waals surface area contributed by atoms with Gasteiger partial charge < -0.3 is 9.47 Å². The minimum absolute atomic E-state index is 0.199. The van der Waals surface area contributed by atoms with E-state index >= 15 is 0 Å². The van der Waals surface area contributed by atoms with Crippen LogP contribution in [-0.2, 0) is 11.2 Å². The van der Waals surface area contributed by atoms with Gasteiger partial charge in [0.25, 0.3) is 0 Å². The summed E-state index contributed by atoms with van der Waals surface area (Å²) in [4.78, 5) is 5.76. The molecule has 1 aromatic heterocycles. The molecule has 0 spiro atoms. The summed E-state index contributed by atoms with van der Waals surface area (Å²) in [6.45, 7) is 3.66. The SMILES string of the molecule is CCc1ccc(-c2csc(=NC[C@H]3CCCO3)n2N=Cc2c(OC)ccc3ccccc23)cc1. The molecule has 1 fully saturated rings. The first-order valence-corrected chi connectivity index (χ1v) is 12.7. The quantitative estimate of drug-likeness (QED) is 0.315. The number of hydrogen-bond donors (Lipinski definition) is 0. The molecule has 0 saturated carbocycles. The molecule has 0 radical (unpaired) electrons. The lowest BCUT2D eigenvalue weighted by molar-refractivity contribution is 0.117. The third-order valence-corrected chi connectivity index (χ3v) is 7.10. The highest BCUT2D eigenvalue weighted by molar-refractivity contribution is 7.07. The van der Waals surface area contributed by atoms with Crippen molar-refractivity contribution in [3.63, 3.8) is 0 Å². The zero-order chi connectivity index (χ0) is 23.3. The molecular weight excluding hydrogens is 442 g/mol. The van der Waals surface area contributed by atoms with Crippen LogP contribution in [0.3, 0.4) is 0 Å². The van der Waals surface area contributed by atoms with Gasteiger partial charge >= 0.3 is 0 Å². The monoisotopic (exact) mass is 471 g/mol. The van der Waals surface area contributed by atoms with Gasteiger partial charge in [0.05, 0.1) is 31.7 Å². The highest BCUT2D eigenvalue weighted by atomic mass is 32.1. The number of rotatable bonds is 7. The van der Waals surface area contributed by atoms with E-state index in [1.807, 2.05) is 29.1 Å². The van der Waals surface area contributed by atoms with Crippen LogP contribution in [0.15, 0.2) is 76.1 Å². The van der Waals surface area contributed by atoms with E-state index in [1.54, 1.807) is 18.4 Å². The summed E-state index contributed by atoms with van der Waals surface area (Å²) in [5, 5.41) is 9.34. The fourth-order valence-electron chi connectivity index (χ4n) is 4.30. The number of nitrogens with zero attached hydrogens (tertiary/aromatic N) is 3. The zero-order valence-corrected chi connectivity index (χ0v) is 20.4. The molecule has 0 aliphatic carbocycles. The summed E-state index contributed by atoms with van der Waals surface area (Å²) in [5.41, 5.74) is 4.41. The maximum Gasteiger partial charge on any atom is 0.206 e. The number of hydrogen-bond acceptors (Lipinski definition) is 5. The van der Waals surface area contributed by atoms with Gasteiger partial charge in [-0.25, -0.2) is 4.68 Å². The molecule has 0 unspecified atom stereocenters. The van der Waals surface area contributed by atoms with Gasteiger partial charge in [-0.2, -0.15) is 5.10 Å². The Bertz CT molecular complexity index is 1360. The van der Waals surface area contributed by atoms with Crippen LogP contribution in [-0.4, -0.2) is 37.3 Å². The maximum absolute atomic E-state index is 5.79. The van der Waals surface area contributed by atoms with Crippen LogP contribution in [0.1, 0.15) is 30.9 Å². The molecule has 174 valence electrons. The van der Waals surface area contributed by atoms with Crippen molar-refractivity contribution in [2.24, 2.45) is 10.1 Å². The maximum atomic E-state index is 5.79. The second-order valence-corrected chi connectivity index (χ2v) is 9.23. The summed E-state index contributed by atoms with van der Waals surface area (Å²) in [6.07, 6.45) is 5.29. The Morgan fingerprint density at radius 1 is 1.12 bits per heavy atom. The minimum Gasteiger partial charge on any atom is -0.496 e. The van der Waals surface area contributed by atoms with Gasteiger partial charge in [-0.3, -0.25) is 4.99 Å². The third kappa shape index (κ3) is 4.69. The molecule has 3 aromatic carbocycles. The standard InChI is InChI=1S/C28H29N3O2S/c1-3-20-10-12-22(13-11-20)26-19-34-28(29-17-23-8-6-16-33-23)31(26)30-18-25-24-9-5-4-7-21(24)14-15-27(25)32-2/h4-5,7,9-15,18-19,23H,3,6,8,16-17H2,1-2H3/t23-/m1/s1. The molecule has 1 aliphatic heterocycles. The van der Waals surface area contributed by atoms with Gasteiger partial charge in [0.2, 0.25) is 4.80 Å². The Labute approximate surface area is 204 Å². The topological polar surface area (TPSA) is 48.1 Å². The summed E-state index contributed by atoms with van der Waals surface area (Å²) >= 11 is 1.61. The smallest absolute Gasteiger partial charge is 0.206 e. The molecule has 4 aromatic rings. The normalized spacial score (nSPS) is 16.6. The molecule has 1 aliphatic rings. The number of aromatic nitrogens is 1. The molecule has 5 rings (SSSR count). The first kappa shape index (κ1) is 22.6. The van der Waals surface area contributed by atoms with Crippen LogP contribution in [0.2, 0.25) is 0 Å². The molecule has 0 bridgehead atoms. The van der Waals surface area contributed by atoms with E-state index in [1.165, 1.54) is 5.56 Å². The van der Waals surface area contributed by atoms with Crippen LogP contribution in [0, 0.1) is 0 Å². The van der Waals surface area contributed by atoms with Gasteiger partial charge in [0.15, 0.2) is 0 Å². The average molecular weight is 472 g/mol. The Balaban J connectivity index is 1.60. The van der Waals surface area contributed by atoms with E-state index in [4.69, 9.17) is 19.6 Å². The number of ether oxygens (including phenoxy) is 2. The Hall–Kier alpha value is -3.22. The van der Waals surface area contributed by atoms with Crippen molar-refractivity contribution < 1.29 is 9.47 Å². The van der Waals surface area contributed by atoms with Crippen molar-refractivity contribution in [3.05, 3.63) is 82.0 Å². The van der Waals surface area contributed by atoms with E-state index < -0.39 is 0 Å². The van der Waals surface area contributed by atoms with Crippen molar-refractivity contribution in [1.29, 1.82) is 0 Å². The third-order valence-electron chi connectivity index (χ3n) is 6.25. The van der Waals surface area contributed by atoms with E-state index in [-0.39, 0.29) is 6.10 Å². The molecule has 0 N–H and O–H groups in total. The van der Waals surface area contributed by atoms with Crippen molar-refractivity contribution in [2.75, 3.05) is 20.3 Å². The summed E-state index contributed by atoms with van der Waals surface area (Å²) in [7, 11) is 1.70. The molecule has 2 heterocycles. The van der Waals surface area contributed by atoms with E-state index in [2.05, 4.69) is 54.8 Å².